The Bertz CT molecular complexity index is 704. The second kappa shape index (κ2) is 7.09. The van der Waals surface area contributed by atoms with Crippen LogP contribution in [0.1, 0.15) is 36.1 Å². The van der Waals surface area contributed by atoms with E-state index in [4.69, 9.17) is 5.73 Å². The fraction of sp³-hybridized carbons (Fsp3) is 0.421. The molecule has 2 heterocycles. The molecule has 0 saturated carbocycles. The van der Waals surface area contributed by atoms with Gasteiger partial charge in [-0.2, -0.15) is 0 Å². The topological polar surface area (TPSA) is 72.1 Å². The van der Waals surface area contributed by atoms with Gasteiger partial charge in [0.1, 0.15) is 5.54 Å². The molecular weight excluding hydrogens is 300 g/mol. The zero-order chi connectivity index (χ0) is 17.0. The van der Waals surface area contributed by atoms with Gasteiger partial charge in [-0.3, -0.25) is 19.7 Å². The van der Waals surface area contributed by atoms with Crippen LogP contribution in [0.2, 0.25) is 0 Å². The van der Waals surface area contributed by atoms with Gasteiger partial charge in [-0.05, 0) is 43.7 Å². The minimum atomic E-state index is -0.509. The minimum absolute atomic E-state index is 0.207. The summed E-state index contributed by atoms with van der Waals surface area (Å²) in [5.41, 5.74) is 8.75. The summed E-state index contributed by atoms with van der Waals surface area (Å²) >= 11 is 0. The normalized spacial score (nSPS) is 20.5. The molecule has 1 aliphatic rings. The third-order valence-corrected chi connectivity index (χ3v) is 5.12. The fourth-order valence-electron chi connectivity index (χ4n) is 3.47. The third kappa shape index (κ3) is 3.31. The summed E-state index contributed by atoms with van der Waals surface area (Å²) in [7, 11) is 0. The molecule has 2 N–H and O–H groups in total. The van der Waals surface area contributed by atoms with Crippen LogP contribution >= 0.6 is 0 Å². The van der Waals surface area contributed by atoms with E-state index in [0.717, 1.165) is 44.5 Å². The minimum Gasteiger partial charge on any atom is -0.368 e. The molecule has 1 fully saturated rings. The molecular formula is C19H24N4O. The van der Waals surface area contributed by atoms with E-state index in [9.17, 15) is 4.79 Å². The predicted molar refractivity (Wildman–Crippen MR) is 93.1 cm³/mol. The summed E-state index contributed by atoms with van der Waals surface area (Å²) in [5, 5.41) is 0. The molecule has 0 spiro atoms. The van der Waals surface area contributed by atoms with E-state index in [0.29, 0.717) is 0 Å². The summed E-state index contributed by atoms with van der Waals surface area (Å²) in [6, 6.07) is 8.31. The van der Waals surface area contributed by atoms with Crippen LogP contribution in [0.4, 0.5) is 0 Å². The molecule has 0 aliphatic carbocycles. The Morgan fingerprint density at radius 1 is 1.33 bits per heavy atom. The van der Waals surface area contributed by atoms with E-state index in [1.54, 1.807) is 18.6 Å². The number of likely N-dealkylation sites (tertiary alicyclic amines) is 1. The smallest absolute Gasteiger partial charge is 0.238 e. The molecule has 3 rings (SSSR count). The molecule has 24 heavy (non-hydrogen) atoms. The average Bonchev–Trinajstić information content (AvgIpc) is 2.57. The molecule has 0 unspecified atom stereocenters. The van der Waals surface area contributed by atoms with Crippen LogP contribution in [-0.2, 0) is 17.8 Å². The zero-order valence-electron chi connectivity index (χ0n) is 14.1. The van der Waals surface area contributed by atoms with Crippen LogP contribution in [-0.4, -0.2) is 32.9 Å². The van der Waals surface area contributed by atoms with Crippen molar-refractivity contribution in [2.75, 3.05) is 6.54 Å². The number of nitrogens with zero attached hydrogens (tertiary/aromatic N) is 3. The first-order valence-corrected chi connectivity index (χ1v) is 8.46. The molecule has 1 aliphatic heterocycles. The summed E-state index contributed by atoms with van der Waals surface area (Å²) in [5.74, 6) is -0.207. The lowest BCUT2D eigenvalue weighted by Crippen LogP contribution is -2.66. The van der Waals surface area contributed by atoms with E-state index in [2.05, 4.69) is 33.9 Å². The van der Waals surface area contributed by atoms with E-state index >= 15 is 0 Å². The lowest BCUT2D eigenvalue weighted by atomic mass is 9.78. The lowest BCUT2D eigenvalue weighted by Gasteiger charge is -2.51. The van der Waals surface area contributed by atoms with E-state index in [-0.39, 0.29) is 5.91 Å². The molecule has 5 heteroatoms. The maximum absolute atomic E-state index is 12.2. The van der Waals surface area contributed by atoms with Crippen LogP contribution in [0, 0.1) is 6.92 Å². The van der Waals surface area contributed by atoms with Gasteiger partial charge in [0.25, 0.3) is 0 Å². The van der Waals surface area contributed by atoms with E-state index in [1.165, 1.54) is 11.1 Å². The molecule has 0 radical (unpaired) electrons. The van der Waals surface area contributed by atoms with Crippen LogP contribution in [0.25, 0.3) is 0 Å². The highest BCUT2D eigenvalue weighted by molar-refractivity contribution is 5.85. The van der Waals surface area contributed by atoms with Gasteiger partial charge in [0.05, 0.1) is 5.69 Å². The van der Waals surface area contributed by atoms with Gasteiger partial charge in [-0.15, -0.1) is 0 Å². The molecule has 5 nitrogen and oxygen atoms in total. The van der Waals surface area contributed by atoms with Crippen molar-refractivity contribution in [3.05, 3.63) is 59.7 Å². The number of benzene rings is 1. The van der Waals surface area contributed by atoms with Crippen LogP contribution in [0.15, 0.2) is 42.9 Å². The monoisotopic (exact) mass is 324 g/mol. The molecule has 126 valence electrons. The van der Waals surface area contributed by atoms with Gasteiger partial charge in [0.2, 0.25) is 5.91 Å². The number of aryl methyl sites for hydroxylation is 2. The van der Waals surface area contributed by atoms with Gasteiger partial charge in [-0.25, -0.2) is 0 Å². The second-order valence-corrected chi connectivity index (χ2v) is 6.54. The highest BCUT2D eigenvalue weighted by Gasteiger charge is 2.48. The van der Waals surface area contributed by atoms with Gasteiger partial charge >= 0.3 is 0 Å². The molecule has 1 amide bonds. The van der Waals surface area contributed by atoms with Gasteiger partial charge < -0.3 is 5.73 Å². The predicted octanol–water partition coefficient (Wildman–Crippen LogP) is 2.24. The molecule has 1 atom stereocenters. The number of rotatable bonds is 7. The summed E-state index contributed by atoms with van der Waals surface area (Å²) in [6.07, 6.45) is 8.46. The van der Waals surface area contributed by atoms with Gasteiger partial charge in [-0.1, -0.05) is 24.3 Å². The molecule has 1 aromatic heterocycles. The van der Waals surface area contributed by atoms with Crippen molar-refractivity contribution in [2.24, 2.45) is 5.73 Å². The highest BCUT2D eigenvalue weighted by Crippen LogP contribution is 2.37. The number of hydrogen-bond acceptors (Lipinski definition) is 4. The van der Waals surface area contributed by atoms with Crippen molar-refractivity contribution in [3.8, 4) is 0 Å². The molecule has 1 saturated heterocycles. The zero-order valence-corrected chi connectivity index (χ0v) is 14.1. The number of carbonyl (C=O) groups is 1. The largest absolute Gasteiger partial charge is 0.368 e. The standard InChI is InChI=1S/C19H24N4O/c1-15-5-2-3-6-16(15)14-23-12-9-19(23,18(20)24)8-4-7-17-13-21-10-11-22-17/h2-3,5-6,10-11,13H,4,7-9,12,14H2,1H3,(H2,20,24)/t19-/m0/s1. The maximum atomic E-state index is 12.2. The van der Waals surface area contributed by atoms with Gasteiger partial charge in [0, 0.05) is 31.7 Å². The Hall–Kier alpha value is -2.27. The van der Waals surface area contributed by atoms with Crippen molar-refractivity contribution in [2.45, 2.75) is 44.7 Å². The molecule has 1 aromatic carbocycles. The molecule has 0 bridgehead atoms. The van der Waals surface area contributed by atoms with Crippen LogP contribution in [0.5, 0.6) is 0 Å². The fourth-order valence-corrected chi connectivity index (χ4v) is 3.47. The van der Waals surface area contributed by atoms with Crippen LogP contribution < -0.4 is 5.73 Å². The lowest BCUT2D eigenvalue weighted by molar-refractivity contribution is -0.141. The number of hydrogen-bond donors (Lipinski definition) is 1. The first-order chi connectivity index (χ1) is 11.6. The Kier molecular flexibility index (Phi) is 4.90. The Morgan fingerprint density at radius 2 is 2.17 bits per heavy atom. The second-order valence-electron chi connectivity index (χ2n) is 6.54. The Morgan fingerprint density at radius 3 is 2.79 bits per heavy atom. The number of carbonyl (C=O) groups excluding carboxylic acids is 1. The number of primary amides is 1. The number of nitrogens with two attached hydrogens (primary N) is 1. The van der Waals surface area contributed by atoms with Crippen LogP contribution in [0.3, 0.4) is 0 Å². The number of aromatic nitrogens is 2. The first-order valence-electron chi connectivity index (χ1n) is 8.46. The van der Waals surface area contributed by atoms with Crippen molar-refractivity contribution in [1.82, 2.24) is 14.9 Å². The Balaban J connectivity index is 1.65. The summed E-state index contributed by atoms with van der Waals surface area (Å²) < 4.78 is 0. The average molecular weight is 324 g/mol. The van der Waals surface area contributed by atoms with Crippen molar-refractivity contribution in [3.63, 3.8) is 0 Å². The summed E-state index contributed by atoms with van der Waals surface area (Å²) in [4.78, 5) is 22.8. The molecule has 2 aromatic rings. The number of amides is 1. The van der Waals surface area contributed by atoms with E-state index < -0.39 is 5.54 Å². The van der Waals surface area contributed by atoms with Crippen molar-refractivity contribution in [1.29, 1.82) is 0 Å². The van der Waals surface area contributed by atoms with Crippen molar-refractivity contribution < 1.29 is 4.79 Å². The summed E-state index contributed by atoms with van der Waals surface area (Å²) in [6.45, 7) is 3.80. The maximum Gasteiger partial charge on any atom is 0.238 e. The third-order valence-electron chi connectivity index (χ3n) is 5.12. The van der Waals surface area contributed by atoms with Gasteiger partial charge in [0.15, 0.2) is 0 Å². The first kappa shape index (κ1) is 16.6. The highest BCUT2D eigenvalue weighted by atomic mass is 16.1. The Labute approximate surface area is 142 Å². The van der Waals surface area contributed by atoms with E-state index in [1.807, 2.05) is 12.1 Å². The quantitative estimate of drug-likeness (QED) is 0.848. The SMILES string of the molecule is Cc1ccccc1CN1CC[C@@]1(CCCc1cnccn1)C(N)=O. The van der Waals surface area contributed by atoms with Crippen molar-refractivity contribution >= 4 is 5.91 Å².